The standard InChI is InChI=1S/C21H30N2O2.ClH/c1-14-12-23(13-19(25-14)15-6-3-2-4-7-15)21(24)18-10-16-8-5-9-17(11-18)20(16)22;/h2-4,6-7,14,16-20H,5,8-13,22H2,1H3;1H. The first kappa shape index (κ1) is 19.7. The van der Waals surface area contributed by atoms with Crippen LogP contribution >= 0.6 is 12.4 Å². The maximum absolute atomic E-state index is 13.2. The number of carbonyl (C=O) groups excluding carboxylic acids is 1. The van der Waals surface area contributed by atoms with E-state index in [1.54, 1.807) is 0 Å². The number of morpholine rings is 1. The van der Waals surface area contributed by atoms with Gasteiger partial charge in [0.05, 0.1) is 12.6 Å². The van der Waals surface area contributed by atoms with E-state index in [-0.39, 0.29) is 30.5 Å². The van der Waals surface area contributed by atoms with Gasteiger partial charge in [-0.2, -0.15) is 0 Å². The Labute approximate surface area is 162 Å². The van der Waals surface area contributed by atoms with E-state index >= 15 is 0 Å². The summed E-state index contributed by atoms with van der Waals surface area (Å²) in [7, 11) is 0. The molecule has 3 aliphatic rings. The molecular formula is C21H31ClN2O2. The van der Waals surface area contributed by atoms with Gasteiger partial charge in [-0.25, -0.2) is 0 Å². The van der Waals surface area contributed by atoms with E-state index in [1.165, 1.54) is 19.3 Å². The largest absolute Gasteiger partial charge is 0.367 e. The quantitative estimate of drug-likeness (QED) is 0.856. The van der Waals surface area contributed by atoms with Crippen molar-refractivity contribution in [3.63, 3.8) is 0 Å². The highest BCUT2D eigenvalue weighted by Crippen LogP contribution is 2.42. The van der Waals surface area contributed by atoms with Crippen LogP contribution in [0.15, 0.2) is 30.3 Å². The fraction of sp³-hybridized carbons (Fsp3) is 0.667. The van der Waals surface area contributed by atoms with E-state index in [1.807, 2.05) is 18.2 Å². The van der Waals surface area contributed by atoms with Crippen LogP contribution in [0.1, 0.15) is 50.7 Å². The van der Waals surface area contributed by atoms with Gasteiger partial charge in [-0.05, 0) is 50.0 Å². The monoisotopic (exact) mass is 378 g/mol. The summed E-state index contributed by atoms with van der Waals surface area (Å²) in [6.07, 6.45) is 5.72. The molecule has 4 atom stereocenters. The highest BCUT2D eigenvalue weighted by molar-refractivity contribution is 5.85. The fourth-order valence-corrected chi connectivity index (χ4v) is 5.23. The smallest absolute Gasteiger partial charge is 0.225 e. The first-order valence-electron chi connectivity index (χ1n) is 9.86. The summed E-state index contributed by atoms with van der Waals surface area (Å²) in [4.78, 5) is 15.3. The zero-order valence-corrected chi connectivity index (χ0v) is 16.4. The molecule has 2 N–H and O–H groups in total. The van der Waals surface area contributed by atoms with Gasteiger partial charge in [-0.3, -0.25) is 4.79 Å². The second kappa shape index (κ2) is 8.28. The summed E-state index contributed by atoms with van der Waals surface area (Å²) in [6.45, 7) is 3.45. The minimum absolute atomic E-state index is 0. The van der Waals surface area contributed by atoms with Crippen molar-refractivity contribution in [3.05, 3.63) is 35.9 Å². The predicted molar refractivity (Wildman–Crippen MR) is 105 cm³/mol. The molecule has 1 heterocycles. The molecule has 4 rings (SSSR count). The first-order valence-corrected chi connectivity index (χ1v) is 9.86. The van der Waals surface area contributed by atoms with E-state index in [0.29, 0.717) is 36.9 Å². The van der Waals surface area contributed by atoms with Crippen LogP contribution in [0.5, 0.6) is 0 Å². The molecule has 144 valence electrons. The highest BCUT2D eigenvalue weighted by Gasteiger charge is 2.42. The van der Waals surface area contributed by atoms with E-state index in [4.69, 9.17) is 10.5 Å². The lowest BCUT2D eigenvalue weighted by molar-refractivity contribution is -0.152. The van der Waals surface area contributed by atoms with Crippen molar-refractivity contribution in [1.82, 2.24) is 4.90 Å². The van der Waals surface area contributed by atoms with E-state index in [0.717, 1.165) is 18.4 Å². The number of fused-ring (bicyclic) bond motifs is 2. The second-order valence-corrected chi connectivity index (χ2v) is 8.29. The summed E-state index contributed by atoms with van der Waals surface area (Å²) in [6, 6.07) is 10.6. The average molecular weight is 379 g/mol. The Bertz CT molecular complexity index is 597. The third-order valence-corrected chi connectivity index (χ3v) is 6.51. The van der Waals surface area contributed by atoms with Gasteiger partial charge in [0, 0.05) is 18.5 Å². The topological polar surface area (TPSA) is 55.6 Å². The lowest BCUT2D eigenvalue weighted by atomic mass is 9.65. The van der Waals surface area contributed by atoms with Crippen molar-refractivity contribution < 1.29 is 9.53 Å². The average Bonchev–Trinajstić information content (AvgIpc) is 2.61. The van der Waals surface area contributed by atoms with Crippen LogP contribution in [0.2, 0.25) is 0 Å². The van der Waals surface area contributed by atoms with Gasteiger partial charge in [0.1, 0.15) is 6.10 Å². The molecule has 1 amide bonds. The predicted octanol–water partition coefficient (Wildman–Crippen LogP) is 3.55. The van der Waals surface area contributed by atoms with Gasteiger partial charge >= 0.3 is 0 Å². The Morgan fingerprint density at radius 2 is 1.77 bits per heavy atom. The number of hydrogen-bond donors (Lipinski definition) is 1. The SMILES string of the molecule is CC1CN(C(=O)C2CC3CCCC(C2)C3N)CC(c2ccccc2)O1.Cl. The Morgan fingerprint density at radius 3 is 2.42 bits per heavy atom. The number of ether oxygens (including phenoxy) is 1. The Kier molecular flexibility index (Phi) is 6.26. The van der Waals surface area contributed by atoms with Crippen LogP contribution in [0.25, 0.3) is 0 Å². The number of benzene rings is 1. The first-order chi connectivity index (χ1) is 12.1. The Balaban J connectivity index is 0.00000196. The normalized spacial score (nSPS) is 36.9. The number of carbonyl (C=O) groups is 1. The lowest BCUT2D eigenvalue weighted by Gasteiger charge is -2.45. The van der Waals surface area contributed by atoms with E-state index < -0.39 is 0 Å². The maximum atomic E-state index is 13.2. The number of nitrogens with zero attached hydrogens (tertiary/aromatic N) is 1. The molecule has 4 unspecified atom stereocenters. The molecule has 0 radical (unpaired) electrons. The van der Waals surface area contributed by atoms with Crippen LogP contribution in [0.4, 0.5) is 0 Å². The minimum atomic E-state index is -0.0146. The second-order valence-electron chi connectivity index (χ2n) is 8.29. The summed E-state index contributed by atoms with van der Waals surface area (Å²) in [5, 5.41) is 0. The molecule has 2 aliphatic carbocycles. The van der Waals surface area contributed by atoms with E-state index in [9.17, 15) is 4.79 Å². The van der Waals surface area contributed by atoms with Gasteiger partial charge in [-0.1, -0.05) is 36.8 Å². The van der Waals surface area contributed by atoms with Crippen molar-refractivity contribution in [3.8, 4) is 0 Å². The number of nitrogens with two attached hydrogens (primary N) is 1. The zero-order chi connectivity index (χ0) is 17.4. The lowest BCUT2D eigenvalue weighted by Crippen LogP contribution is -2.52. The van der Waals surface area contributed by atoms with Crippen molar-refractivity contribution in [1.29, 1.82) is 0 Å². The molecule has 1 aromatic carbocycles. The minimum Gasteiger partial charge on any atom is -0.367 e. The molecule has 2 bridgehead atoms. The molecular weight excluding hydrogens is 348 g/mol. The molecule has 5 heteroatoms. The third-order valence-electron chi connectivity index (χ3n) is 6.51. The number of amides is 1. The van der Waals surface area contributed by atoms with Gasteiger partial charge in [0.15, 0.2) is 0 Å². The van der Waals surface area contributed by atoms with Crippen molar-refractivity contribution in [2.75, 3.05) is 13.1 Å². The van der Waals surface area contributed by atoms with Crippen LogP contribution in [-0.2, 0) is 9.53 Å². The third kappa shape index (κ3) is 3.92. The van der Waals surface area contributed by atoms with Gasteiger partial charge in [0.2, 0.25) is 5.91 Å². The molecule has 3 fully saturated rings. The Morgan fingerprint density at radius 1 is 1.12 bits per heavy atom. The van der Waals surface area contributed by atoms with Crippen LogP contribution in [0.3, 0.4) is 0 Å². The number of hydrogen-bond acceptors (Lipinski definition) is 3. The molecule has 0 spiro atoms. The van der Waals surface area contributed by atoms with Crippen LogP contribution in [-0.4, -0.2) is 36.0 Å². The van der Waals surface area contributed by atoms with Gasteiger partial charge in [0.25, 0.3) is 0 Å². The summed E-state index contributed by atoms with van der Waals surface area (Å²) >= 11 is 0. The number of rotatable bonds is 2. The summed E-state index contributed by atoms with van der Waals surface area (Å²) in [5.74, 6) is 1.59. The molecule has 4 nitrogen and oxygen atoms in total. The van der Waals surface area contributed by atoms with Crippen molar-refractivity contribution in [2.24, 2.45) is 23.5 Å². The molecule has 26 heavy (non-hydrogen) atoms. The number of halogens is 1. The van der Waals surface area contributed by atoms with Crippen LogP contribution in [0, 0.1) is 17.8 Å². The maximum Gasteiger partial charge on any atom is 0.225 e. The molecule has 1 aliphatic heterocycles. The molecule has 2 saturated carbocycles. The van der Waals surface area contributed by atoms with Crippen molar-refractivity contribution >= 4 is 18.3 Å². The van der Waals surface area contributed by atoms with Gasteiger partial charge < -0.3 is 15.4 Å². The Hall–Kier alpha value is -1.10. The van der Waals surface area contributed by atoms with Gasteiger partial charge in [-0.15, -0.1) is 12.4 Å². The van der Waals surface area contributed by atoms with Crippen LogP contribution < -0.4 is 5.73 Å². The zero-order valence-electron chi connectivity index (χ0n) is 15.5. The highest BCUT2D eigenvalue weighted by atomic mass is 35.5. The summed E-state index contributed by atoms with van der Waals surface area (Å²) < 4.78 is 6.12. The fourth-order valence-electron chi connectivity index (χ4n) is 5.23. The van der Waals surface area contributed by atoms with Crippen molar-refractivity contribution in [2.45, 2.75) is 57.3 Å². The van der Waals surface area contributed by atoms with E-state index in [2.05, 4.69) is 24.0 Å². The molecule has 1 saturated heterocycles. The summed E-state index contributed by atoms with van der Waals surface area (Å²) in [5.41, 5.74) is 7.56. The molecule has 0 aromatic heterocycles. The molecule has 1 aromatic rings.